The number of para-hydroxylation sites is 1. The SMILES string of the molecule is CCc1nn(C)cc1C(N)Cc1nn(C)c2ccccc12. The van der Waals surface area contributed by atoms with Gasteiger partial charge in [-0.25, -0.2) is 0 Å². The maximum atomic E-state index is 6.41. The molecule has 0 aliphatic carbocycles. The zero-order chi connectivity index (χ0) is 15.0. The van der Waals surface area contributed by atoms with Crippen molar-refractivity contribution in [3.05, 3.63) is 47.4 Å². The average molecular weight is 283 g/mol. The first-order valence-corrected chi connectivity index (χ1v) is 7.28. The van der Waals surface area contributed by atoms with Gasteiger partial charge in [0, 0.05) is 43.7 Å². The summed E-state index contributed by atoms with van der Waals surface area (Å²) in [5.41, 5.74) is 10.8. The van der Waals surface area contributed by atoms with Crippen molar-refractivity contribution in [2.24, 2.45) is 19.8 Å². The summed E-state index contributed by atoms with van der Waals surface area (Å²) < 4.78 is 3.76. The molecule has 0 aliphatic rings. The van der Waals surface area contributed by atoms with E-state index in [1.807, 2.05) is 41.8 Å². The lowest BCUT2D eigenvalue weighted by molar-refractivity contribution is 0.676. The third kappa shape index (κ3) is 2.45. The van der Waals surface area contributed by atoms with Gasteiger partial charge in [0.1, 0.15) is 0 Å². The van der Waals surface area contributed by atoms with Gasteiger partial charge in [0.25, 0.3) is 0 Å². The van der Waals surface area contributed by atoms with Crippen LogP contribution in [0.15, 0.2) is 30.5 Å². The third-order valence-electron chi connectivity index (χ3n) is 3.92. The Bertz CT molecular complexity index is 768. The van der Waals surface area contributed by atoms with Crippen molar-refractivity contribution in [3.63, 3.8) is 0 Å². The van der Waals surface area contributed by atoms with Crippen LogP contribution < -0.4 is 5.73 Å². The smallest absolute Gasteiger partial charge is 0.0722 e. The van der Waals surface area contributed by atoms with Crippen LogP contribution in [0.1, 0.15) is 29.9 Å². The predicted octanol–water partition coefficient (Wildman–Crippen LogP) is 2.11. The van der Waals surface area contributed by atoms with Crippen molar-refractivity contribution < 1.29 is 0 Å². The monoisotopic (exact) mass is 283 g/mol. The molecule has 0 amide bonds. The molecule has 2 aromatic heterocycles. The van der Waals surface area contributed by atoms with Gasteiger partial charge in [-0.05, 0) is 12.5 Å². The van der Waals surface area contributed by atoms with Gasteiger partial charge in [-0.2, -0.15) is 10.2 Å². The highest BCUT2D eigenvalue weighted by Gasteiger charge is 2.17. The van der Waals surface area contributed by atoms with Crippen LogP contribution in [0.4, 0.5) is 0 Å². The molecule has 0 radical (unpaired) electrons. The first kappa shape index (κ1) is 13.8. The molecule has 110 valence electrons. The molecule has 2 heterocycles. The summed E-state index contributed by atoms with van der Waals surface area (Å²) in [6.07, 6.45) is 3.64. The Labute approximate surface area is 124 Å². The number of fused-ring (bicyclic) bond motifs is 1. The highest BCUT2D eigenvalue weighted by molar-refractivity contribution is 5.81. The van der Waals surface area contributed by atoms with E-state index in [2.05, 4.69) is 29.3 Å². The van der Waals surface area contributed by atoms with E-state index in [4.69, 9.17) is 5.73 Å². The Balaban J connectivity index is 1.94. The van der Waals surface area contributed by atoms with Crippen LogP contribution in [0.3, 0.4) is 0 Å². The fraction of sp³-hybridized carbons (Fsp3) is 0.375. The molecule has 1 atom stereocenters. The Hall–Kier alpha value is -2.14. The van der Waals surface area contributed by atoms with Crippen molar-refractivity contribution in [3.8, 4) is 0 Å². The van der Waals surface area contributed by atoms with Crippen molar-refractivity contribution in [1.82, 2.24) is 19.6 Å². The van der Waals surface area contributed by atoms with Gasteiger partial charge in [0.2, 0.25) is 0 Å². The Morgan fingerprint density at radius 1 is 1.14 bits per heavy atom. The fourth-order valence-corrected chi connectivity index (χ4v) is 2.90. The van der Waals surface area contributed by atoms with E-state index in [9.17, 15) is 0 Å². The summed E-state index contributed by atoms with van der Waals surface area (Å²) in [4.78, 5) is 0. The molecule has 0 bridgehead atoms. The van der Waals surface area contributed by atoms with Gasteiger partial charge in [-0.15, -0.1) is 0 Å². The topological polar surface area (TPSA) is 61.7 Å². The molecule has 0 fully saturated rings. The van der Waals surface area contributed by atoms with Crippen LogP contribution in [-0.2, 0) is 26.9 Å². The van der Waals surface area contributed by atoms with Crippen LogP contribution in [0.25, 0.3) is 10.9 Å². The lowest BCUT2D eigenvalue weighted by Crippen LogP contribution is -2.15. The minimum Gasteiger partial charge on any atom is -0.324 e. The highest BCUT2D eigenvalue weighted by Crippen LogP contribution is 2.24. The quantitative estimate of drug-likeness (QED) is 0.797. The molecule has 3 rings (SSSR count). The second-order valence-corrected chi connectivity index (χ2v) is 5.46. The zero-order valence-electron chi connectivity index (χ0n) is 12.7. The molecule has 21 heavy (non-hydrogen) atoms. The Morgan fingerprint density at radius 2 is 1.90 bits per heavy atom. The van der Waals surface area contributed by atoms with E-state index < -0.39 is 0 Å². The molecule has 1 unspecified atom stereocenters. The van der Waals surface area contributed by atoms with Crippen molar-refractivity contribution >= 4 is 10.9 Å². The second kappa shape index (κ2) is 5.33. The summed E-state index contributed by atoms with van der Waals surface area (Å²) in [5.74, 6) is 0. The van der Waals surface area contributed by atoms with Crippen molar-refractivity contribution in [2.75, 3.05) is 0 Å². The lowest BCUT2D eigenvalue weighted by atomic mass is 10.0. The van der Waals surface area contributed by atoms with Crippen molar-refractivity contribution in [2.45, 2.75) is 25.8 Å². The fourth-order valence-electron chi connectivity index (χ4n) is 2.90. The molecule has 2 N–H and O–H groups in total. The average Bonchev–Trinajstić information content (AvgIpc) is 3.01. The normalized spacial score (nSPS) is 13.0. The standard InChI is InChI=1S/C16H21N5/c1-4-14-12(10-20(2)18-14)13(17)9-15-11-7-5-6-8-16(11)21(3)19-15/h5-8,10,13H,4,9,17H2,1-3H3. The van der Waals surface area contributed by atoms with E-state index in [0.29, 0.717) is 0 Å². The third-order valence-corrected chi connectivity index (χ3v) is 3.92. The minimum absolute atomic E-state index is 0.0769. The second-order valence-electron chi connectivity index (χ2n) is 5.46. The van der Waals surface area contributed by atoms with E-state index in [0.717, 1.165) is 35.3 Å². The number of aromatic nitrogens is 4. The molecule has 5 nitrogen and oxygen atoms in total. The largest absolute Gasteiger partial charge is 0.324 e. The first-order chi connectivity index (χ1) is 10.1. The minimum atomic E-state index is -0.0769. The summed E-state index contributed by atoms with van der Waals surface area (Å²) in [5, 5.41) is 10.3. The van der Waals surface area contributed by atoms with E-state index in [-0.39, 0.29) is 6.04 Å². The van der Waals surface area contributed by atoms with Gasteiger partial charge in [-0.1, -0.05) is 25.1 Å². The maximum Gasteiger partial charge on any atom is 0.0722 e. The van der Waals surface area contributed by atoms with Crippen LogP contribution in [0.2, 0.25) is 0 Å². The molecule has 0 spiro atoms. The Kier molecular flexibility index (Phi) is 3.51. The highest BCUT2D eigenvalue weighted by atomic mass is 15.3. The van der Waals surface area contributed by atoms with Gasteiger partial charge in [-0.3, -0.25) is 9.36 Å². The first-order valence-electron chi connectivity index (χ1n) is 7.28. The van der Waals surface area contributed by atoms with E-state index in [1.54, 1.807) is 0 Å². The summed E-state index contributed by atoms with van der Waals surface area (Å²) in [6, 6.07) is 8.18. The molecule has 3 aromatic rings. The van der Waals surface area contributed by atoms with Crippen molar-refractivity contribution in [1.29, 1.82) is 0 Å². The zero-order valence-corrected chi connectivity index (χ0v) is 12.7. The molecule has 0 aliphatic heterocycles. The molecule has 0 saturated carbocycles. The number of nitrogens with zero attached hydrogens (tertiary/aromatic N) is 4. The number of hydrogen-bond acceptors (Lipinski definition) is 3. The van der Waals surface area contributed by atoms with E-state index in [1.165, 1.54) is 5.39 Å². The number of benzene rings is 1. The van der Waals surface area contributed by atoms with Crippen LogP contribution in [0, 0.1) is 0 Å². The Morgan fingerprint density at radius 3 is 2.67 bits per heavy atom. The summed E-state index contributed by atoms with van der Waals surface area (Å²) >= 11 is 0. The maximum absolute atomic E-state index is 6.41. The molecule has 5 heteroatoms. The molecule has 1 aromatic carbocycles. The number of aryl methyl sites for hydroxylation is 3. The van der Waals surface area contributed by atoms with Gasteiger partial charge >= 0.3 is 0 Å². The predicted molar refractivity (Wildman–Crippen MR) is 83.9 cm³/mol. The van der Waals surface area contributed by atoms with E-state index >= 15 is 0 Å². The molecule has 0 saturated heterocycles. The van der Waals surface area contributed by atoms with Crippen LogP contribution >= 0.6 is 0 Å². The van der Waals surface area contributed by atoms with Gasteiger partial charge in [0.05, 0.1) is 16.9 Å². The van der Waals surface area contributed by atoms with Gasteiger partial charge < -0.3 is 5.73 Å². The lowest BCUT2D eigenvalue weighted by Gasteiger charge is -2.09. The van der Waals surface area contributed by atoms with Crippen LogP contribution in [-0.4, -0.2) is 19.6 Å². The summed E-state index contributed by atoms with van der Waals surface area (Å²) in [7, 11) is 3.91. The molecular weight excluding hydrogens is 262 g/mol. The number of nitrogens with two attached hydrogens (primary N) is 1. The summed E-state index contributed by atoms with van der Waals surface area (Å²) in [6.45, 7) is 2.11. The number of hydrogen-bond donors (Lipinski definition) is 1. The van der Waals surface area contributed by atoms with Gasteiger partial charge in [0.15, 0.2) is 0 Å². The van der Waals surface area contributed by atoms with Crippen LogP contribution in [0.5, 0.6) is 0 Å². The molecular formula is C16H21N5. The number of rotatable bonds is 4.